The van der Waals surface area contributed by atoms with Gasteiger partial charge in [-0.15, -0.1) is 0 Å². The van der Waals surface area contributed by atoms with Crippen LogP contribution < -0.4 is 10.9 Å². The number of rotatable bonds is 2. The topological polar surface area (TPSA) is 62.0 Å². The Morgan fingerprint density at radius 1 is 1.21 bits per heavy atom. The molecule has 98 valence electrons. The van der Waals surface area contributed by atoms with Gasteiger partial charge in [-0.3, -0.25) is 9.59 Å². The van der Waals surface area contributed by atoms with Crippen LogP contribution in [0, 0.1) is 18.6 Å². The molecule has 0 saturated carbocycles. The number of H-pyrrole nitrogens is 1. The van der Waals surface area contributed by atoms with Crippen molar-refractivity contribution >= 4 is 11.6 Å². The van der Waals surface area contributed by atoms with E-state index in [1.165, 1.54) is 6.07 Å². The molecule has 2 aromatic rings. The molecule has 0 unspecified atom stereocenters. The maximum Gasteiger partial charge on any atom is 0.261 e. The fraction of sp³-hybridized carbons (Fsp3) is 0.0769. The van der Waals surface area contributed by atoms with Crippen molar-refractivity contribution < 1.29 is 13.6 Å². The Kier molecular flexibility index (Phi) is 3.41. The predicted molar refractivity (Wildman–Crippen MR) is 66.1 cm³/mol. The second-order valence-corrected chi connectivity index (χ2v) is 3.96. The molecule has 1 aromatic heterocycles. The minimum absolute atomic E-state index is 0.144. The molecule has 0 radical (unpaired) electrons. The first-order valence-corrected chi connectivity index (χ1v) is 5.43. The Balaban J connectivity index is 2.28. The first-order valence-electron chi connectivity index (χ1n) is 5.43. The minimum Gasteiger partial charge on any atom is -0.326 e. The van der Waals surface area contributed by atoms with Crippen LogP contribution in [0.25, 0.3) is 0 Å². The van der Waals surface area contributed by atoms with E-state index in [4.69, 9.17) is 0 Å². The summed E-state index contributed by atoms with van der Waals surface area (Å²) in [5.74, 6) is -2.41. The highest BCUT2D eigenvalue weighted by atomic mass is 19.1. The number of halogens is 2. The first-order chi connectivity index (χ1) is 8.97. The third-order valence-electron chi connectivity index (χ3n) is 2.48. The van der Waals surface area contributed by atoms with Gasteiger partial charge in [0.2, 0.25) is 0 Å². The number of carbonyl (C=O) groups is 1. The van der Waals surface area contributed by atoms with Crippen molar-refractivity contribution in [1.82, 2.24) is 4.98 Å². The van der Waals surface area contributed by atoms with Crippen LogP contribution in [0.2, 0.25) is 0 Å². The van der Waals surface area contributed by atoms with Crippen molar-refractivity contribution in [1.29, 1.82) is 0 Å². The first kappa shape index (κ1) is 12.9. The molecule has 0 spiro atoms. The van der Waals surface area contributed by atoms with Gasteiger partial charge in [0.05, 0.1) is 5.69 Å². The SMILES string of the molecule is Cc1ccc(C(=O)Nc2ccc(F)cc2F)c(=O)[nH]1. The van der Waals surface area contributed by atoms with Gasteiger partial charge in [0.1, 0.15) is 17.2 Å². The maximum absolute atomic E-state index is 13.4. The summed E-state index contributed by atoms with van der Waals surface area (Å²) >= 11 is 0. The summed E-state index contributed by atoms with van der Waals surface area (Å²) in [6.45, 7) is 1.67. The largest absolute Gasteiger partial charge is 0.326 e. The minimum atomic E-state index is -0.906. The van der Waals surface area contributed by atoms with Crippen LogP contribution in [0.4, 0.5) is 14.5 Å². The number of aromatic amines is 1. The van der Waals surface area contributed by atoms with Gasteiger partial charge in [0.25, 0.3) is 11.5 Å². The predicted octanol–water partition coefficient (Wildman–Crippen LogP) is 2.21. The molecule has 19 heavy (non-hydrogen) atoms. The van der Waals surface area contributed by atoms with Crippen LogP contribution in [-0.4, -0.2) is 10.9 Å². The van der Waals surface area contributed by atoms with Gasteiger partial charge in [0.15, 0.2) is 0 Å². The number of nitrogens with one attached hydrogen (secondary N) is 2. The van der Waals surface area contributed by atoms with Gasteiger partial charge >= 0.3 is 0 Å². The molecule has 1 heterocycles. The second-order valence-electron chi connectivity index (χ2n) is 3.96. The van der Waals surface area contributed by atoms with Gasteiger partial charge in [-0.05, 0) is 31.2 Å². The third-order valence-corrected chi connectivity index (χ3v) is 2.48. The van der Waals surface area contributed by atoms with E-state index in [0.717, 1.165) is 12.1 Å². The molecule has 0 aliphatic carbocycles. The molecule has 0 atom stereocenters. The summed E-state index contributed by atoms with van der Waals surface area (Å²) < 4.78 is 26.1. The van der Waals surface area contributed by atoms with Crippen LogP contribution in [0.5, 0.6) is 0 Å². The fourth-order valence-electron chi connectivity index (χ4n) is 1.53. The van der Waals surface area contributed by atoms with Gasteiger partial charge < -0.3 is 10.3 Å². The fourth-order valence-corrected chi connectivity index (χ4v) is 1.53. The molecular formula is C13H10F2N2O2. The lowest BCUT2D eigenvalue weighted by Crippen LogP contribution is -2.23. The highest BCUT2D eigenvalue weighted by molar-refractivity contribution is 6.04. The zero-order valence-corrected chi connectivity index (χ0v) is 9.96. The smallest absolute Gasteiger partial charge is 0.261 e. The van der Waals surface area contributed by atoms with E-state index < -0.39 is 23.1 Å². The molecule has 0 saturated heterocycles. The highest BCUT2D eigenvalue weighted by Gasteiger charge is 2.13. The number of hydrogen-bond acceptors (Lipinski definition) is 2. The number of pyridine rings is 1. The van der Waals surface area contributed by atoms with E-state index >= 15 is 0 Å². The van der Waals surface area contributed by atoms with Crippen LogP contribution in [0.15, 0.2) is 35.1 Å². The molecule has 0 bridgehead atoms. The molecule has 1 aromatic carbocycles. The number of amides is 1. The average Bonchev–Trinajstić information content (AvgIpc) is 2.32. The summed E-state index contributed by atoms with van der Waals surface area (Å²) in [5.41, 5.74) is -0.296. The van der Waals surface area contributed by atoms with Gasteiger partial charge in [-0.2, -0.15) is 0 Å². The van der Waals surface area contributed by atoms with Gasteiger partial charge in [-0.1, -0.05) is 0 Å². The van der Waals surface area contributed by atoms with Gasteiger partial charge in [0, 0.05) is 11.8 Å². The zero-order valence-electron chi connectivity index (χ0n) is 9.96. The summed E-state index contributed by atoms with van der Waals surface area (Å²) in [4.78, 5) is 25.8. The second kappa shape index (κ2) is 5.01. The van der Waals surface area contributed by atoms with Crippen molar-refractivity contribution in [3.63, 3.8) is 0 Å². The summed E-state index contributed by atoms with van der Waals surface area (Å²) in [5, 5.41) is 2.21. The van der Waals surface area contributed by atoms with E-state index in [1.54, 1.807) is 13.0 Å². The summed E-state index contributed by atoms with van der Waals surface area (Å²) in [6, 6.07) is 5.64. The van der Waals surface area contributed by atoms with E-state index in [0.29, 0.717) is 11.8 Å². The van der Waals surface area contributed by atoms with E-state index in [9.17, 15) is 18.4 Å². The van der Waals surface area contributed by atoms with Crippen molar-refractivity contribution in [3.8, 4) is 0 Å². The lowest BCUT2D eigenvalue weighted by atomic mass is 10.2. The maximum atomic E-state index is 13.4. The Hall–Kier alpha value is -2.50. The van der Waals surface area contributed by atoms with Crippen LogP contribution in [0.3, 0.4) is 0 Å². The molecule has 0 aliphatic heterocycles. The average molecular weight is 264 g/mol. The standard InChI is InChI=1S/C13H10F2N2O2/c1-7-2-4-9(12(18)16-7)13(19)17-11-5-3-8(14)6-10(11)15/h2-6H,1H3,(H,16,18)(H,17,19). The molecule has 4 nitrogen and oxygen atoms in total. The number of benzene rings is 1. The number of aromatic nitrogens is 1. The number of carbonyl (C=O) groups excluding carboxylic acids is 1. The summed E-state index contributed by atoms with van der Waals surface area (Å²) in [7, 11) is 0. The number of aryl methyl sites for hydroxylation is 1. The van der Waals surface area contributed by atoms with Crippen molar-refractivity contribution in [3.05, 3.63) is 63.6 Å². The molecule has 0 aliphatic rings. The van der Waals surface area contributed by atoms with Crippen molar-refractivity contribution in [2.75, 3.05) is 5.32 Å². The monoisotopic (exact) mass is 264 g/mol. The summed E-state index contributed by atoms with van der Waals surface area (Å²) in [6.07, 6.45) is 0. The van der Waals surface area contributed by atoms with Crippen LogP contribution in [0.1, 0.15) is 16.1 Å². The Bertz CT molecular complexity index is 695. The lowest BCUT2D eigenvalue weighted by Gasteiger charge is -2.06. The zero-order chi connectivity index (χ0) is 14.0. The Labute approximate surface area is 107 Å². The number of anilines is 1. The lowest BCUT2D eigenvalue weighted by molar-refractivity contribution is 0.102. The van der Waals surface area contributed by atoms with Crippen molar-refractivity contribution in [2.24, 2.45) is 0 Å². The van der Waals surface area contributed by atoms with E-state index in [-0.39, 0.29) is 11.3 Å². The Morgan fingerprint density at radius 3 is 2.58 bits per heavy atom. The molecule has 2 rings (SSSR count). The van der Waals surface area contributed by atoms with Gasteiger partial charge in [-0.25, -0.2) is 8.78 Å². The normalized spacial score (nSPS) is 10.3. The quantitative estimate of drug-likeness (QED) is 0.873. The highest BCUT2D eigenvalue weighted by Crippen LogP contribution is 2.15. The molecular weight excluding hydrogens is 254 g/mol. The Morgan fingerprint density at radius 2 is 1.95 bits per heavy atom. The van der Waals surface area contributed by atoms with E-state index in [2.05, 4.69) is 10.3 Å². The van der Waals surface area contributed by atoms with Crippen molar-refractivity contribution in [2.45, 2.75) is 6.92 Å². The molecule has 2 N–H and O–H groups in total. The third kappa shape index (κ3) is 2.85. The van der Waals surface area contributed by atoms with E-state index in [1.807, 2.05) is 0 Å². The molecule has 0 fully saturated rings. The van der Waals surface area contributed by atoms with Crippen LogP contribution in [-0.2, 0) is 0 Å². The number of hydrogen-bond donors (Lipinski definition) is 2. The molecule has 1 amide bonds. The molecule has 6 heteroatoms. The van der Waals surface area contributed by atoms with Crippen LogP contribution >= 0.6 is 0 Å².